The maximum atomic E-state index is 13.3. The zero-order valence-electron chi connectivity index (χ0n) is 21.7. The SMILES string of the molecule is Cc1c(-c2ccc(C#Cc3ccc(NCCO)cc3)cc2)nc2ccncc2c1C(=O)NOC1CCCCO1. The second-order valence-corrected chi connectivity index (χ2v) is 9.25. The molecule has 1 unspecified atom stereocenters. The molecule has 0 aliphatic carbocycles. The van der Waals surface area contributed by atoms with Crippen LogP contribution in [0.5, 0.6) is 0 Å². The van der Waals surface area contributed by atoms with Crippen molar-refractivity contribution in [1.29, 1.82) is 0 Å². The maximum absolute atomic E-state index is 13.3. The highest BCUT2D eigenvalue weighted by Crippen LogP contribution is 2.29. The molecule has 198 valence electrons. The number of nitrogens with one attached hydrogen (secondary N) is 2. The molecule has 8 heteroatoms. The van der Waals surface area contributed by atoms with Crippen LogP contribution in [0.1, 0.15) is 46.3 Å². The molecule has 8 nitrogen and oxygen atoms in total. The molecule has 1 saturated heterocycles. The first kappa shape index (κ1) is 26.3. The van der Waals surface area contributed by atoms with Gasteiger partial charge in [-0.05, 0) is 67.8 Å². The quantitative estimate of drug-likeness (QED) is 0.241. The fourth-order valence-corrected chi connectivity index (χ4v) is 4.48. The Morgan fingerprint density at radius 3 is 2.51 bits per heavy atom. The number of pyridine rings is 2. The number of carbonyl (C=O) groups is 1. The summed E-state index contributed by atoms with van der Waals surface area (Å²) in [7, 11) is 0. The maximum Gasteiger partial charge on any atom is 0.276 e. The molecule has 5 rings (SSSR count). The number of benzene rings is 2. The lowest BCUT2D eigenvalue weighted by Crippen LogP contribution is -2.33. The first-order valence-corrected chi connectivity index (χ1v) is 13.0. The van der Waals surface area contributed by atoms with Crippen molar-refractivity contribution >= 4 is 22.5 Å². The zero-order valence-corrected chi connectivity index (χ0v) is 21.7. The Morgan fingerprint density at radius 2 is 1.82 bits per heavy atom. The van der Waals surface area contributed by atoms with Gasteiger partial charge in [0.2, 0.25) is 0 Å². The van der Waals surface area contributed by atoms with E-state index in [9.17, 15) is 4.79 Å². The van der Waals surface area contributed by atoms with Gasteiger partial charge in [-0.1, -0.05) is 24.0 Å². The van der Waals surface area contributed by atoms with Crippen molar-refractivity contribution in [2.24, 2.45) is 0 Å². The first-order chi connectivity index (χ1) is 19.1. The Labute approximate surface area is 227 Å². The number of nitrogens with zero attached hydrogens (tertiary/aromatic N) is 2. The molecule has 1 amide bonds. The van der Waals surface area contributed by atoms with Gasteiger partial charge < -0.3 is 15.2 Å². The molecule has 3 heterocycles. The largest absolute Gasteiger partial charge is 0.395 e. The van der Waals surface area contributed by atoms with Gasteiger partial charge in [-0.15, -0.1) is 0 Å². The summed E-state index contributed by atoms with van der Waals surface area (Å²) in [4.78, 5) is 27.9. The average molecular weight is 523 g/mol. The number of hydroxylamine groups is 1. The topological polar surface area (TPSA) is 106 Å². The number of hydrogen-bond donors (Lipinski definition) is 3. The number of anilines is 1. The predicted octanol–water partition coefficient (Wildman–Crippen LogP) is 4.60. The Hall–Kier alpha value is -4.29. The normalized spacial score (nSPS) is 14.9. The molecule has 39 heavy (non-hydrogen) atoms. The molecule has 1 aliphatic rings. The lowest BCUT2D eigenvalue weighted by atomic mass is 9.97. The number of aromatic nitrogens is 2. The van der Waals surface area contributed by atoms with Crippen LogP contribution < -0.4 is 10.8 Å². The first-order valence-electron chi connectivity index (χ1n) is 13.0. The van der Waals surface area contributed by atoms with E-state index in [0.29, 0.717) is 35.3 Å². The van der Waals surface area contributed by atoms with Crippen molar-refractivity contribution in [2.45, 2.75) is 32.5 Å². The number of fused-ring (bicyclic) bond motifs is 1. The van der Waals surface area contributed by atoms with Crippen molar-refractivity contribution in [1.82, 2.24) is 15.4 Å². The predicted molar refractivity (Wildman–Crippen MR) is 150 cm³/mol. The van der Waals surface area contributed by atoms with E-state index in [1.54, 1.807) is 18.5 Å². The molecular weight excluding hydrogens is 492 g/mol. The third kappa shape index (κ3) is 6.41. The number of hydrogen-bond acceptors (Lipinski definition) is 7. The van der Waals surface area contributed by atoms with Gasteiger partial charge in [-0.25, -0.2) is 15.3 Å². The van der Waals surface area contributed by atoms with Crippen molar-refractivity contribution in [3.8, 4) is 23.1 Å². The van der Waals surface area contributed by atoms with Crippen molar-refractivity contribution in [3.63, 3.8) is 0 Å². The van der Waals surface area contributed by atoms with Gasteiger partial charge in [0.1, 0.15) is 0 Å². The van der Waals surface area contributed by atoms with Crippen LogP contribution in [0.2, 0.25) is 0 Å². The number of aliphatic hydroxyl groups is 1. The summed E-state index contributed by atoms with van der Waals surface area (Å²) in [5.41, 5.74) is 8.74. The van der Waals surface area contributed by atoms with Crippen LogP contribution in [-0.4, -0.2) is 47.0 Å². The van der Waals surface area contributed by atoms with Crippen LogP contribution in [0.15, 0.2) is 67.0 Å². The molecule has 2 aromatic heterocycles. The molecule has 2 aromatic carbocycles. The molecule has 4 aromatic rings. The van der Waals surface area contributed by atoms with Crippen molar-refractivity contribution < 1.29 is 19.5 Å². The highest BCUT2D eigenvalue weighted by molar-refractivity contribution is 6.08. The third-order valence-electron chi connectivity index (χ3n) is 6.51. The van der Waals surface area contributed by atoms with E-state index in [0.717, 1.165) is 47.2 Å². The lowest BCUT2D eigenvalue weighted by molar-refractivity contribution is -0.186. The summed E-state index contributed by atoms with van der Waals surface area (Å²) in [6.07, 6.45) is 5.61. The minimum absolute atomic E-state index is 0.0851. The van der Waals surface area contributed by atoms with E-state index in [2.05, 4.69) is 27.6 Å². The molecule has 0 bridgehead atoms. The summed E-state index contributed by atoms with van der Waals surface area (Å²) in [5, 5.41) is 12.7. The number of carbonyl (C=O) groups excluding carboxylic acids is 1. The molecule has 1 atom stereocenters. The molecule has 3 N–H and O–H groups in total. The number of rotatable bonds is 7. The molecule has 0 spiro atoms. The fourth-order valence-electron chi connectivity index (χ4n) is 4.48. The summed E-state index contributed by atoms with van der Waals surface area (Å²) < 4.78 is 5.57. The highest BCUT2D eigenvalue weighted by atomic mass is 16.8. The molecule has 1 fully saturated rings. The summed E-state index contributed by atoms with van der Waals surface area (Å²) in [6.45, 7) is 3.10. The Balaban J connectivity index is 1.37. The average Bonchev–Trinajstić information content (AvgIpc) is 2.99. The van der Waals surface area contributed by atoms with E-state index in [4.69, 9.17) is 19.7 Å². The lowest BCUT2D eigenvalue weighted by Gasteiger charge is -2.22. The van der Waals surface area contributed by atoms with Crippen LogP contribution in [0, 0.1) is 18.8 Å². The van der Waals surface area contributed by atoms with E-state index in [-0.39, 0.29) is 12.5 Å². The third-order valence-corrected chi connectivity index (χ3v) is 6.51. The monoisotopic (exact) mass is 522 g/mol. The summed E-state index contributed by atoms with van der Waals surface area (Å²) in [5.74, 6) is 6.01. The van der Waals surface area contributed by atoms with E-state index in [1.807, 2.05) is 55.5 Å². The van der Waals surface area contributed by atoms with Gasteiger partial charge in [0.25, 0.3) is 5.91 Å². The van der Waals surface area contributed by atoms with Crippen LogP contribution in [0.4, 0.5) is 5.69 Å². The Kier molecular flexibility index (Phi) is 8.44. The van der Waals surface area contributed by atoms with E-state index < -0.39 is 6.29 Å². The van der Waals surface area contributed by atoms with Gasteiger partial charge in [-0.2, -0.15) is 0 Å². The van der Waals surface area contributed by atoms with Gasteiger partial charge in [0, 0.05) is 59.7 Å². The van der Waals surface area contributed by atoms with Crippen LogP contribution in [-0.2, 0) is 9.57 Å². The van der Waals surface area contributed by atoms with Crippen molar-refractivity contribution in [3.05, 3.63) is 89.2 Å². The number of ether oxygens (including phenoxy) is 1. The highest BCUT2D eigenvalue weighted by Gasteiger charge is 2.21. The van der Waals surface area contributed by atoms with Gasteiger partial charge in [-0.3, -0.25) is 9.78 Å². The van der Waals surface area contributed by atoms with Crippen LogP contribution >= 0.6 is 0 Å². The van der Waals surface area contributed by atoms with E-state index >= 15 is 0 Å². The van der Waals surface area contributed by atoms with Gasteiger partial charge in [0.05, 0.1) is 23.4 Å². The smallest absolute Gasteiger partial charge is 0.276 e. The van der Waals surface area contributed by atoms with Crippen molar-refractivity contribution in [2.75, 3.05) is 25.1 Å². The van der Waals surface area contributed by atoms with Crippen LogP contribution in [0.3, 0.4) is 0 Å². The van der Waals surface area contributed by atoms with Gasteiger partial charge in [0.15, 0.2) is 6.29 Å². The molecule has 0 saturated carbocycles. The molecule has 1 aliphatic heterocycles. The number of aliphatic hydroxyl groups excluding tert-OH is 1. The minimum Gasteiger partial charge on any atom is -0.395 e. The summed E-state index contributed by atoms with van der Waals surface area (Å²) in [6, 6.07) is 17.4. The van der Waals surface area contributed by atoms with Gasteiger partial charge >= 0.3 is 0 Å². The zero-order chi connectivity index (χ0) is 27.0. The van der Waals surface area contributed by atoms with Crippen LogP contribution in [0.25, 0.3) is 22.2 Å². The Bertz CT molecular complexity index is 1500. The second kappa shape index (κ2) is 12.5. The Morgan fingerprint density at radius 1 is 1.08 bits per heavy atom. The van der Waals surface area contributed by atoms with E-state index in [1.165, 1.54) is 0 Å². The molecular formula is C31H30N4O4. The molecule has 0 radical (unpaired) electrons. The fraction of sp³-hybridized carbons (Fsp3) is 0.258. The second-order valence-electron chi connectivity index (χ2n) is 9.25. The summed E-state index contributed by atoms with van der Waals surface area (Å²) >= 11 is 0. The standard InChI is InChI=1S/C31H30N4O4/c1-21-29(31(37)35-39-28-4-2-3-19-38-28)26-20-32-16-15-27(26)34-30(21)24-11-7-22(8-12-24)5-6-23-9-13-25(14-10-23)33-17-18-36/h7-16,20,28,33,36H,2-4,17-19H2,1H3,(H,35,37). The number of amides is 1. The minimum atomic E-state index is -0.441.